The summed E-state index contributed by atoms with van der Waals surface area (Å²) in [5.41, 5.74) is 6.00. The van der Waals surface area contributed by atoms with Crippen LogP contribution in [0.25, 0.3) is 10.8 Å². The lowest BCUT2D eigenvalue weighted by Crippen LogP contribution is -2.33. The molecule has 0 radical (unpaired) electrons. The summed E-state index contributed by atoms with van der Waals surface area (Å²) in [4.78, 5) is 37.9. The summed E-state index contributed by atoms with van der Waals surface area (Å²) in [6.07, 6.45) is 1.01. The van der Waals surface area contributed by atoms with Gasteiger partial charge in [-0.2, -0.15) is 0 Å². The maximum absolute atomic E-state index is 13.4. The van der Waals surface area contributed by atoms with Crippen molar-refractivity contribution in [1.29, 1.82) is 0 Å². The second-order valence-electron chi connectivity index (χ2n) is 10.1. The molecule has 11 nitrogen and oxygen atoms in total. The van der Waals surface area contributed by atoms with Gasteiger partial charge in [0, 0.05) is 10.9 Å². The number of ketones is 1. The van der Waals surface area contributed by atoms with Gasteiger partial charge in [0.15, 0.2) is 5.75 Å². The Morgan fingerprint density at radius 1 is 0.975 bits per heavy atom. The number of methoxy groups -OCH3 is 1. The quantitative estimate of drug-likeness (QED) is 0.155. The van der Waals surface area contributed by atoms with Gasteiger partial charge in [-0.25, -0.2) is 8.42 Å². The molecule has 3 aromatic rings. The van der Waals surface area contributed by atoms with E-state index in [0.717, 1.165) is 6.26 Å². The average molecular weight is 571 g/mol. The lowest BCUT2D eigenvalue weighted by atomic mass is 9.86. The number of Topliss-reactive ketones (excluding diaryl/α,β-unsaturated/α-hetero) is 1. The van der Waals surface area contributed by atoms with Crippen molar-refractivity contribution in [2.24, 2.45) is 5.73 Å². The fraction of sp³-hybridized carbons (Fsp3) is 0.321. The van der Waals surface area contributed by atoms with Crippen molar-refractivity contribution in [1.82, 2.24) is 5.32 Å². The van der Waals surface area contributed by atoms with E-state index in [9.17, 15) is 22.8 Å². The summed E-state index contributed by atoms with van der Waals surface area (Å²) in [7, 11) is -2.33. The molecule has 214 valence electrons. The largest absolute Gasteiger partial charge is 0.492 e. The summed E-state index contributed by atoms with van der Waals surface area (Å²) in [5.74, 6) is -1.50. The molecule has 0 atom stereocenters. The number of benzene rings is 3. The van der Waals surface area contributed by atoms with E-state index in [-0.39, 0.29) is 48.3 Å². The summed E-state index contributed by atoms with van der Waals surface area (Å²) in [6.45, 7) is 6.09. The number of carbonyl (C=O) groups excluding carboxylic acids is 3. The number of nitrogens with two attached hydrogens (primary N) is 1. The zero-order chi connectivity index (χ0) is 29.7. The minimum atomic E-state index is -3.67. The van der Waals surface area contributed by atoms with Crippen LogP contribution in [0.2, 0.25) is 0 Å². The smallest absolute Gasteiger partial charge is 0.296 e. The van der Waals surface area contributed by atoms with Crippen LogP contribution >= 0.6 is 0 Å². The lowest BCUT2D eigenvalue weighted by Gasteiger charge is -2.23. The Hall–Kier alpha value is -4.16. The fourth-order valence-electron chi connectivity index (χ4n) is 3.97. The molecule has 0 heterocycles. The van der Waals surface area contributed by atoms with Gasteiger partial charge in [0.2, 0.25) is 15.9 Å². The van der Waals surface area contributed by atoms with Crippen molar-refractivity contribution >= 4 is 49.8 Å². The molecule has 0 saturated heterocycles. The molecule has 0 aliphatic heterocycles. The third-order valence-electron chi connectivity index (χ3n) is 5.90. The molecule has 2 amide bonds. The second-order valence-corrected chi connectivity index (χ2v) is 11.8. The Morgan fingerprint density at radius 2 is 1.62 bits per heavy atom. The summed E-state index contributed by atoms with van der Waals surface area (Å²) in [5, 5.41) is 6.33. The molecule has 40 heavy (non-hydrogen) atoms. The number of amides is 2. The van der Waals surface area contributed by atoms with Gasteiger partial charge in [0.25, 0.3) is 11.7 Å². The molecule has 0 spiro atoms. The first-order valence-corrected chi connectivity index (χ1v) is 14.3. The molecule has 0 bridgehead atoms. The number of hydrogen-bond donors (Lipinski definition) is 4. The van der Waals surface area contributed by atoms with E-state index < -0.39 is 27.1 Å². The first kappa shape index (κ1) is 30.4. The summed E-state index contributed by atoms with van der Waals surface area (Å²) >= 11 is 0. The first-order valence-electron chi connectivity index (χ1n) is 12.4. The highest BCUT2D eigenvalue weighted by atomic mass is 32.2. The van der Waals surface area contributed by atoms with Crippen LogP contribution in [-0.4, -0.2) is 59.1 Å². The Morgan fingerprint density at radius 3 is 2.23 bits per heavy atom. The minimum absolute atomic E-state index is 0.0647. The number of anilines is 2. The third-order valence-corrected chi connectivity index (χ3v) is 6.50. The molecule has 0 saturated carbocycles. The molecule has 0 aliphatic carbocycles. The maximum Gasteiger partial charge on any atom is 0.296 e. The average Bonchev–Trinajstić information content (AvgIpc) is 2.88. The SMILES string of the molecule is COc1c(NC(=O)C(=O)c2ccc(OCCNC(=O)CN)c3ccccc23)cc(C(C)(C)C)cc1NS(C)(=O)=O. The van der Waals surface area contributed by atoms with Crippen molar-refractivity contribution in [3.8, 4) is 11.5 Å². The molecular weight excluding hydrogens is 536 g/mol. The van der Waals surface area contributed by atoms with Gasteiger partial charge < -0.3 is 25.8 Å². The van der Waals surface area contributed by atoms with Gasteiger partial charge in [-0.15, -0.1) is 0 Å². The normalized spacial score (nSPS) is 11.6. The molecule has 3 aromatic carbocycles. The minimum Gasteiger partial charge on any atom is -0.492 e. The predicted octanol–water partition coefficient (Wildman–Crippen LogP) is 2.79. The van der Waals surface area contributed by atoms with E-state index in [2.05, 4.69) is 15.4 Å². The van der Waals surface area contributed by atoms with Crippen molar-refractivity contribution in [3.05, 3.63) is 59.7 Å². The van der Waals surface area contributed by atoms with Gasteiger partial charge in [-0.05, 0) is 40.6 Å². The monoisotopic (exact) mass is 570 g/mol. The predicted molar refractivity (Wildman–Crippen MR) is 155 cm³/mol. The van der Waals surface area contributed by atoms with E-state index in [1.807, 2.05) is 20.8 Å². The number of fused-ring (bicyclic) bond motifs is 1. The molecule has 0 aromatic heterocycles. The standard InChI is InChI=1S/C28H34N4O7S/c1-28(2,3)17-14-21(26(38-4)22(15-17)32-40(5,36)37)31-27(35)25(34)20-10-11-23(19-9-7-6-8-18(19)20)39-13-12-30-24(33)16-29/h6-11,14-15,32H,12-13,16,29H2,1-5H3,(H,30,33)(H,31,35). The Labute approximate surface area is 233 Å². The number of carbonyl (C=O) groups is 3. The second kappa shape index (κ2) is 12.3. The number of ether oxygens (including phenoxy) is 2. The molecule has 0 aliphatic rings. The van der Waals surface area contributed by atoms with Gasteiger partial charge in [0.1, 0.15) is 12.4 Å². The van der Waals surface area contributed by atoms with Gasteiger partial charge >= 0.3 is 0 Å². The van der Waals surface area contributed by atoms with Gasteiger partial charge in [-0.3, -0.25) is 19.1 Å². The molecule has 0 unspecified atom stereocenters. The highest BCUT2D eigenvalue weighted by molar-refractivity contribution is 7.92. The third kappa shape index (κ3) is 7.48. The number of sulfonamides is 1. The number of nitrogens with one attached hydrogen (secondary N) is 3. The number of rotatable bonds is 11. The van der Waals surface area contributed by atoms with Crippen LogP contribution in [0.1, 0.15) is 36.7 Å². The highest BCUT2D eigenvalue weighted by Crippen LogP contribution is 2.39. The molecule has 3 rings (SSSR count). The van der Waals surface area contributed by atoms with Crippen molar-refractivity contribution in [3.63, 3.8) is 0 Å². The Kier molecular flexibility index (Phi) is 9.38. The topological polar surface area (TPSA) is 166 Å². The van der Waals surface area contributed by atoms with Crippen LogP contribution in [0.3, 0.4) is 0 Å². The maximum atomic E-state index is 13.4. The zero-order valence-corrected chi connectivity index (χ0v) is 23.9. The van der Waals surface area contributed by atoms with E-state index in [1.54, 1.807) is 42.5 Å². The first-order chi connectivity index (χ1) is 18.7. The van der Waals surface area contributed by atoms with E-state index in [1.165, 1.54) is 13.2 Å². The van der Waals surface area contributed by atoms with Crippen LogP contribution in [0, 0.1) is 0 Å². The number of hydrogen-bond acceptors (Lipinski definition) is 8. The Balaban J connectivity index is 1.94. The van der Waals surface area contributed by atoms with E-state index >= 15 is 0 Å². The zero-order valence-electron chi connectivity index (χ0n) is 23.1. The summed E-state index contributed by atoms with van der Waals surface area (Å²) < 4.78 is 37.6. The van der Waals surface area contributed by atoms with Crippen LogP contribution in [0.4, 0.5) is 11.4 Å². The van der Waals surface area contributed by atoms with Gasteiger partial charge in [-0.1, -0.05) is 45.0 Å². The molecule has 0 fully saturated rings. The van der Waals surface area contributed by atoms with Crippen molar-refractivity contribution in [2.45, 2.75) is 26.2 Å². The van der Waals surface area contributed by atoms with E-state index in [4.69, 9.17) is 15.2 Å². The Bertz CT molecular complexity index is 1550. The molecule has 12 heteroatoms. The van der Waals surface area contributed by atoms with Crippen molar-refractivity contribution in [2.75, 3.05) is 43.1 Å². The molecular formula is C28H34N4O7S. The van der Waals surface area contributed by atoms with Crippen LogP contribution in [0.15, 0.2) is 48.5 Å². The fourth-order valence-corrected chi connectivity index (χ4v) is 4.52. The van der Waals surface area contributed by atoms with Crippen LogP contribution in [0.5, 0.6) is 11.5 Å². The van der Waals surface area contributed by atoms with Crippen LogP contribution < -0.4 is 30.6 Å². The summed E-state index contributed by atoms with van der Waals surface area (Å²) in [6, 6.07) is 13.3. The van der Waals surface area contributed by atoms with Gasteiger partial charge in [0.05, 0.1) is 37.8 Å². The van der Waals surface area contributed by atoms with E-state index in [0.29, 0.717) is 22.1 Å². The van der Waals surface area contributed by atoms with Crippen LogP contribution in [-0.2, 0) is 25.0 Å². The highest BCUT2D eigenvalue weighted by Gasteiger charge is 2.25. The lowest BCUT2D eigenvalue weighted by molar-refractivity contribution is -0.119. The van der Waals surface area contributed by atoms with Crippen molar-refractivity contribution < 1.29 is 32.3 Å². The molecule has 5 N–H and O–H groups in total.